The van der Waals surface area contributed by atoms with E-state index in [1.807, 2.05) is 42.5 Å². The molecule has 7 rings (SSSR count). The molecule has 3 N–H and O–H groups in total. The molecule has 3 heterocycles. The maximum atomic E-state index is 12.0. The summed E-state index contributed by atoms with van der Waals surface area (Å²) in [4.78, 5) is 15.7. The summed E-state index contributed by atoms with van der Waals surface area (Å²) in [5.74, 6) is 0.268. The Bertz CT molecular complexity index is 2080. The molecule has 1 aliphatic rings. The Hall–Kier alpha value is -4.68. The van der Waals surface area contributed by atoms with Gasteiger partial charge in [0.15, 0.2) is 0 Å². The number of ether oxygens (including phenoxy) is 1. The van der Waals surface area contributed by atoms with Crippen LogP contribution in [0.15, 0.2) is 78.9 Å². The van der Waals surface area contributed by atoms with Crippen molar-refractivity contribution >= 4 is 45.1 Å². The minimum absolute atomic E-state index is 0.319. The third-order valence-electron chi connectivity index (χ3n) is 9.40. The Labute approximate surface area is 274 Å². The number of rotatable bonds is 9. The second kappa shape index (κ2) is 12.3. The van der Waals surface area contributed by atoms with Crippen LogP contribution in [0.1, 0.15) is 61.4 Å². The number of nitrogens with zero attached hydrogens (tertiary/aromatic N) is 1. The van der Waals surface area contributed by atoms with Crippen molar-refractivity contribution in [1.82, 2.24) is 9.55 Å². The zero-order valence-electron chi connectivity index (χ0n) is 26.4. The summed E-state index contributed by atoms with van der Waals surface area (Å²) < 4.78 is 8.00. The first-order valence-electron chi connectivity index (χ1n) is 16.2. The Morgan fingerprint density at radius 1 is 0.913 bits per heavy atom. The van der Waals surface area contributed by atoms with Crippen LogP contribution in [0, 0.1) is 0 Å². The summed E-state index contributed by atoms with van der Waals surface area (Å²) >= 11 is 6.23. The molecule has 46 heavy (non-hydrogen) atoms. The van der Waals surface area contributed by atoms with Crippen LogP contribution >= 0.6 is 11.6 Å². The SMILES string of the molecule is CCCC(CCC)c1c2n(c3cc(C(=O)O)ccc13)CCNc1c-2ccc2[nH]c(-c3cc(OC)ccc3-c3ccc(Cl)cc3)cc12. The lowest BCUT2D eigenvalue weighted by atomic mass is 9.86. The Morgan fingerprint density at radius 2 is 1.67 bits per heavy atom. The van der Waals surface area contributed by atoms with E-state index in [-0.39, 0.29) is 0 Å². The van der Waals surface area contributed by atoms with Crippen LogP contribution in [-0.2, 0) is 6.54 Å². The number of methoxy groups -OCH3 is 1. The molecule has 0 bridgehead atoms. The number of carboxylic acids is 1. The number of H-pyrrole nitrogens is 1. The number of benzene rings is 4. The van der Waals surface area contributed by atoms with Crippen LogP contribution in [0.4, 0.5) is 5.69 Å². The van der Waals surface area contributed by atoms with Crippen molar-refractivity contribution in [2.45, 2.75) is 52.0 Å². The molecule has 0 saturated heterocycles. The minimum atomic E-state index is -0.901. The predicted molar refractivity (Wildman–Crippen MR) is 190 cm³/mol. The summed E-state index contributed by atoms with van der Waals surface area (Å²) in [6, 6.07) is 26.4. The summed E-state index contributed by atoms with van der Waals surface area (Å²) in [7, 11) is 1.69. The fraction of sp³-hybridized carbons (Fsp3) is 0.256. The lowest BCUT2D eigenvalue weighted by Gasteiger charge is -2.19. The topological polar surface area (TPSA) is 79.3 Å². The van der Waals surface area contributed by atoms with Crippen LogP contribution in [-0.4, -0.2) is 34.3 Å². The molecule has 0 fully saturated rings. The average Bonchev–Trinajstić information content (AvgIpc) is 3.58. The number of aromatic carboxylic acids is 1. The second-order valence-corrected chi connectivity index (χ2v) is 12.6. The largest absolute Gasteiger partial charge is 0.497 e. The van der Waals surface area contributed by atoms with Crippen molar-refractivity contribution in [1.29, 1.82) is 0 Å². The number of halogens is 1. The van der Waals surface area contributed by atoms with E-state index in [1.54, 1.807) is 13.2 Å². The highest BCUT2D eigenvalue weighted by atomic mass is 35.5. The Balaban J connectivity index is 1.46. The summed E-state index contributed by atoms with van der Waals surface area (Å²) in [6.07, 6.45) is 4.35. The number of hydrogen-bond acceptors (Lipinski definition) is 3. The van der Waals surface area contributed by atoms with Gasteiger partial charge >= 0.3 is 5.97 Å². The van der Waals surface area contributed by atoms with Crippen molar-refractivity contribution in [2.75, 3.05) is 19.0 Å². The van der Waals surface area contributed by atoms with E-state index < -0.39 is 5.97 Å². The highest BCUT2D eigenvalue weighted by Gasteiger charge is 2.29. The van der Waals surface area contributed by atoms with Crippen LogP contribution < -0.4 is 10.1 Å². The highest BCUT2D eigenvalue weighted by molar-refractivity contribution is 6.30. The van der Waals surface area contributed by atoms with Crippen molar-refractivity contribution in [3.63, 3.8) is 0 Å². The zero-order valence-corrected chi connectivity index (χ0v) is 27.2. The molecule has 0 spiro atoms. The van der Waals surface area contributed by atoms with Crippen molar-refractivity contribution in [3.8, 4) is 39.4 Å². The van der Waals surface area contributed by atoms with Crippen molar-refractivity contribution in [3.05, 3.63) is 95.0 Å². The third kappa shape index (κ3) is 5.11. The van der Waals surface area contributed by atoms with Gasteiger partial charge in [-0.1, -0.05) is 62.6 Å². The van der Waals surface area contributed by atoms with Crippen LogP contribution in [0.2, 0.25) is 5.02 Å². The molecule has 0 aliphatic carbocycles. The summed E-state index contributed by atoms with van der Waals surface area (Å²) in [6.45, 7) is 5.96. The first-order valence-corrected chi connectivity index (χ1v) is 16.5. The predicted octanol–water partition coefficient (Wildman–Crippen LogP) is 10.6. The van der Waals surface area contributed by atoms with Gasteiger partial charge in [-0.2, -0.15) is 0 Å². The van der Waals surface area contributed by atoms with Gasteiger partial charge in [0.2, 0.25) is 0 Å². The number of nitrogens with one attached hydrogen (secondary N) is 2. The van der Waals surface area contributed by atoms with Gasteiger partial charge in [0.1, 0.15) is 5.75 Å². The molecule has 0 unspecified atom stereocenters. The van der Waals surface area contributed by atoms with E-state index in [0.717, 1.165) is 94.6 Å². The van der Waals surface area contributed by atoms with E-state index in [9.17, 15) is 9.90 Å². The molecule has 234 valence electrons. The number of aromatic nitrogens is 2. The number of hydrogen-bond donors (Lipinski definition) is 3. The van der Waals surface area contributed by atoms with E-state index >= 15 is 0 Å². The zero-order chi connectivity index (χ0) is 31.9. The third-order valence-corrected chi connectivity index (χ3v) is 9.65. The van der Waals surface area contributed by atoms with Gasteiger partial charge in [0, 0.05) is 56.7 Å². The molecule has 6 aromatic rings. The number of fused-ring (bicyclic) bond motifs is 7. The first-order chi connectivity index (χ1) is 22.4. The Kier molecular flexibility index (Phi) is 7.99. The van der Waals surface area contributed by atoms with Gasteiger partial charge in [-0.15, -0.1) is 0 Å². The van der Waals surface area contributed by atoms with Gasteiger partial charge in [-0.05, 0) is 90.0 Å². The highest BCUT2D eigenvalue weighted by Crippen LogP contribution is 2.48. The number of carbonyl (C=O) groups is 1. The molecule has 0 radical (unpaired) electrons. The molecule has 0 atom stereocenters. The molecule has 0 amide bonds. The molecular formula is C39H38ClN3O3. The maximum absolute atomic E-state index is 12.0. The molecule has 4 aromatic carbocycles. The second-order valence-electron chi connectivity index (χ2n) is 12.2. The fourth-order valence-electron chi connectivity index (χ4n) is 7.36. The number of carboxylic acid groups (broad SMARTS) is 1. The fourth-order valence-corrected chi connectivity index (χ4v) is 7.48. The van der Waals surface area contributed by atoms with Crippen molar-refractivity contribution < 1.29 is 14.6 Å². The van der Waals surface area contributed by atoms with E-state index in [2.05, 4.69) is 59.0 Å². The van der Waals surface area contributed by atoms with Gasteiger partial charge in [-0.25, -0.2) is 4.79 Å². The van der Waals surface area contributed by atoms with Gasteiger partial charge in [0.05, 0.1) is 24.1 Å². The van der Waals surface area contributed by atoms with Gasteiger partial charge in [0.25, 0.3) is 0 Å². The first kappa shape index (κ1) is 30.0. The maximum Gasteiger partial charge on any atom is 0.335 e. The van der Waals surface area contributed by atoms with E-state index in [1.165, 1.54) is 16.6 Å². The van der Waals surface area contributed by atoms with Crippen LogP contribution in [0.25, 0.3) is 55.4 Å². The number of anilines is 1. The van der Waals surface area contributed by atoms with Crippen LogP contribution in [0.5, 0.6) is 5.75 Å². The summed E-state index contributed by atoms with van der Waals surface area (Å²) in [5.41, 5.74) is 11.4. The van der Waals surface area contributed by atoms with Gasteiger partial charge in [-0.3, -0.25) is 0 Å². The van der Waals surface area contributed by atoms with Crippen LogP contribution in [0.3, 0.4) is 0 Å². The molecular weight excluding hydrogens is 594 g/mol. The minimum Gasteiger partial charge on any atom is -0.497 e. The molecule has 7 heteroatoms. The summed E-state index contributed by atoms with van der Waals surface area (Å²) in [5, 5.41) is 16.6. The standard InChI is InChI=1S/C39H38ClN3O3/c1-4-6-24(7-5-2)36-29-14-10-25(39(44)45)20-35(29)43-19-18-41-37-30(38(36)43)16-17-33-32(37)22-34(42-33)31-21-27(46-3)13-15-28(31)23-8-11-26(40)12-9-23/h8-17,20-22,24,41-42H,4-7,18-19H2,1-3H3,(H,44,45). The lowest BCUT2D eigenvalue weighted by molar-refractivity contribution is 0.0697. The molecule has 2 aromatic heterocycles. The number of aromatic amines is 1. The average molecular weight is 632 g/mol. The molecule has 0 saturated carbocycles. The normalized spacial score (nSPS) is 12.6. The Morgan fingerprint density at radius 3 is 2.39 bits per heavy atom. The smallest absolute Gasteiger partial charge is 0.335 e. The van der Waals surface area contributed by atoms with E-state index in [0.29, 0.717) is 16.5 Å². The quantitative estimate of drug-likeness (QED) is 0.148. The van der Waals surface area contributed by atoms with Gasteiger partial charge < -0.3 is 24.7 Å². The molecule has 6 nitrogen and oxygen atoms in total. The van der Waals surface area contributed by atoms with Crippen molar-refractivity contribution in [2.24, 2.45) is 0 Å². The monoisotopic (exact) mass is 631 g/mol. The van der Waals surface area contributed by atoms with E-state index in [4.69, 9.17) is 16.3 Å². The molecule has 1 aliphatic heterocycles. The lowest BCUT2D eigenvalue weighted by Crippen LogP contribution is -2.08.